The van der Waals surface area contributed by atoms with E-state index in [4.69, 9.17) is 4.52 Å². The number of alkyl halides is 2. The Hall–Kier alpha value is -1.04. The van der Waals surface area contributed by atoms with Crippen molar-refractivity contribution in [1.29, 1.82) is 0 Å². The second-order valence-corrected chi connectivity index (χ2v) is 4.26. The molecule has 1 saturated heterocycles. The number of rotatable bonds is 2. The minimum Gasteiger partial charge on any atom is -0.338 e. The second-order valence-electron chi connectivity index (χ2n) is 4.26. The summed E-state index contributed by atoms with van der Waals surface area (Å²) < 4.78 is 30.8. The van der Waals surface area contributed by atoms with E-state index in [1.165, 1.54) is 0 Å². The molecule has 1 aliphatic carbocycles. The highest BCUT2D eigenvalue weighted by atomic mass is 19.3. The highest BCUT2D eigenvalue weighted by Crippen LogP contribution is 2.39. The topological polar surface area (TPSA) is 51.0 Å². The van der Waals surface area contributed by atoms with Crippen LogP contribution in [0, 0.1) is 0 Å². The van der Waals surface area contributed by atoms with Crippen molar-refractivity contribution in [2.75, 3.05) is 6.54 Å². The van der Waals surface area contributed by atoms with Crippen LogP contribution in [-0.4, -0.2) is 22.6 Å². The van der Waals surface area contributed by atoms with Crippen LogP contribution in [0.25, 0.3) is 0 Å². The lowest BCUT2D eigenvalue weighted by atomic mass is 10.2. The molecule has 2 aliphatic rings. The third-order valence-corrected chi connectivity index (χ3v) is 2.81. The molecule has 2 fully saturated rings. The predicted molar refractivity (Wildman–Crippen MR) is 46.6 cm³/mol. The quantitative estimate of drug-likeness (QED) is 0.814. The van der Waals surface area contributed by atoms with Crippen LogP contribution in [0.1, 0.15) is 42.9 Å². The molecular weight excluding hydrogens is 204 g/mol. The summed E-state index contributed by atoms with van der Waals surface area (Å²) in [6.45, 7) is -0.307. The SMILES string of the molecule is FC1(F)CN[C@@H](c2nc(C3CC3)no2)C1. The molecule has 0 bridgehead atoms. The third kappa shape index (κ3) is 1.73. The Morgan fingerprint density at radius 3 is 2.80 bits per heavy atom. The fraction of sp³-hybridized carbons (Fsp3) is 0.778. The first kappa shape index (κ1) is 9.21. The van der Waals surface area contributed by atoms with E-state index >= 15 is 0 Å². The highest BCUT2D eigenvalue weighted by Gasteiger charge is 2.42. The molecule has 1 aliphatic heterocycles. The summed E-state index contributed by atoms with van der Waals surface area (Å²) in [5.74, 6) is -1.29. The van der Waals surface area contributed by atoms with Crippen molar-refractivity contribution in [3.05, 3.63) is 11.7 Å². The zero-order valence-electron chi connectivity index (χ0n) is 8.04. The van der Waals surface area contributed by atoms with Gasteiger partial charge in [0.1, 0.15) is 0 Å². The maximum absolute atomic E-state index is 12.9. The lowest BCUT2D eigenvalue weighted by Gasteiger charge is -2.04. The molecule has 1 N–H and O–H groups in total. The van der Waals surface area contributed by atoms with E-state index in [1.54, 1.807) is 0 Å². The molecule has 1 aromatic heterocycles. The van der Waals surface area contributed by atoms with E-state index in [1.807, 2.05) is 0 Å². The summed E-state index contributed by atoms with van der Waals surface area (Å²) in [5.41, 5.74) is 0. The van der Waals surface area contributed by atoms with Crippen LogP contribution in [0.15, 0.2) is 4.52 Å². The van der Waals surface area contributed by atoms with E-state index in [0.717, 1.165) is 12.8 Å². The number of halogens is 2. The van der Waals surface area contributed by atoms with Gasteiger partial charge in [-0.05, 0) is 12.8 Å². The minimum atomic E-state index is -2.65. The van der Waals surface area contributed by atoms with Gasteiger partial charge in [0.05, 0.1) is 12.6 Å². The van der Waals surface area contributed by atoms with Crippen molar-refractivity contribution in [3.8, 4) is 0 Å². The highest BCUT2D eigenvalue weighted by molar-refractivity contribution is 5.06. The molecule has 4 nitrogen and oxygen atoms in total. The van der Waals surface area contributed by atoms with Crippen LogP contribution in [0.3, 0.4) is 0 Å². The van der Waals surface area contributed by atoms with E-state index in [2.05, 4.69) is 15.5 Å². The van der Waals surface area contributed by atoms with Crippen LogP contribution in [0.2, 0.25) is 0 Å². The standard InChI is InChI=1S/C9H11F2N3O/c10-9(11)3-6(12-4-9)8-13-7(14-15-8)5-1-2-5/h5-6,12H,1-4H2/t6-/m1/s1. The molecule has 15 heavy (non-hydrogen) atoms. The maximum atomic E-state index is 12.9. The van der Waals surface area contributed by atoms with Crippen molar-refractivity contribution in [2.24, 2.45) is 0 Å². The van der Waals surface area contributed by atoms with Crippen molar-refractivity contribution in [1.82, 2.24) is 15.5 Å². The van der Waals surface area contributed by atoms with Gasteiger partial charge in [-0.2, -0.15) is 4.98 Å². The number of aromatic nitrogens is 2. The molecule has 82 valence electrons. The molecule has 6 heteroatoms. The Labute approximate surface area is 85.0 Å². The van der Waals surface area contributed by atoms with Crippen molar-refractivity contribution < 1.29 is 13.3 Å². The smallest absolute Gasteiger partial charge is 0.262 e. The zero-order chi connectivity index (χ0) is 10.5. The van der Waals surface area contributed by atoms with Gasteiger partial charge < -0.3 is 4.52 Å². The van der Waals surface area contributed by atoms with Crippen LogP contribution < -0.4 is 5.32 Å². The van der Waals surface area contributed by atoms with E-state index in [0.29, 0.717) is 17.6 Å². The number of nitrogens with one attached hydrogen (secondary N) is 1. The molecule has 0 aromatic carbocycles. The molecule has 0 radical (unpaired) electrons. The summed E-state index contributed by atoms with van der Waals surface area (Å²) in [7, 11) is 0. The van der Waals surface area contributed by atoms with Gasteiger partial charge in [0.2, 0.25) is 5.89 Å². The molecule has 0 spiro atoms. The summed E-state index contributed by atoms with van der Waals surface area (Å²) in [6.07, 6.45) is 1.90. The van der Waals surface area contributed by atoms with Crippen molar-refractivity contribution in [2.45, 2.75) is 37.1 Å². The number of nitrogens with zero attached hydrogens (tertiary/aromatic N) is 2. The minimum absolute atomic E-state index is 0.251. The molecule has 1 saturated carbocycles. The van der Waals surface area contributed by atoms with Crippen molar-refractivity contribution >= 4 is 0 Å². The second kappa shape index (κ2) is 2.98. The van der Waals surface area contributed by atoms with Gasteiger partial charge in [-0.15, -0.1) is 0 Å². The van der Waals surface area contributed by atoms with E-state index < -0.39 is 12.0 Å². The van der Waals surface area contributed by atoms with Gasteiger partial charge in [-0.3, -0.25) is 5.32 Å². The van der Waals surface area contributed by atoms with Gasteiger partial charge in [0.25, 0.3) is 5.92 Å². The molecule has 1 aromatic rings. The molecular formula is C9H11F2N3O. The zero-order valence-corrected chi connectivity index (χ0v) is 8.04. The first-order valence-corrected chi connectivity index (χ1v) is 5.09. The fourth-order valence-corrected chi connectivity index (χ4v) is 1.79. The summed E-state index contributed by atoms with van der Waals surface area (Å²) in [5, 5.41) is 6.49. The molecule has 0 amide bonds. The Morgan fingerprint density at radius 1 is 1.40 bits per heavy atom. The average molecular weight is 215 g/mol. The first-order valence-electron chi connectivity index (χ1n) is 5.09. The van der Waals surface area contributed by atoms with Gasteiger partial charge >= 0.3 is 0 Å². The van der Waals surface area contributed by atoms with E-state index in [-0.39, 0.29) is 13.0 Å². The predicted octanol–water partition coefficient (Wildman–Crippen LogP) is 1.62. The summed E-state index contributed by atoms with van der Waals surface area (Å²) in [6, 6.07) is -0.486. The summed E-state index contributed by atoms with van der Waals surface area (Å²) in [4.78, 5) is 4.15. The van der Waals surface area contributed by atoms with Gasteiger partial charge in [-0.1, -0.05) is 5.16 Å². The molecule has 3 rings (SSSR count). The van der Waals surface area contributed by atoms with Gasteiger partial charge in [-0.25, -0.2) is 8.78 Å². The largest absolute Gasteiger partial charge is 0.338 e. The molecule has 0 unspecified atom stereocenters. The normalized spacial score (nSPS) is 29.6. The monoisotopic (exact) mass is 215 g/mol. The Morgan fingerprint density at radius 2 is 2.20 bits per heavy atom. The third-order valence-electron chi connectivity index (χ3n) is 2.81. The first-order chi connectivity index (χ1) is 7.14. The number of hydrogen-bond donors (Lipinski definition) is 1. The maximum Gasteiger partial charge on any atom is 0.262 e. The average Bonchev–Trinajstić information content (AvgIpc) is 2.79. The van der Waals surface area contributed by atoms with Gasteiger partial charge in [0, 0.05) is 12.3 Å². The lowest BCUT2D eigenvalue weighted by Crippen LogP contribution is -2.19. The Kier molecular flexibility index (Phi) is 1.83. The van der Waals surface area contributed by atoms with Crippen LogP contribution in [-0.2, 0) is 0 Å². The Bertz CT molecular complexity index is 375. The number of hydrogen-bond acceptors (Lipinski definition) is 4. The Balaban J connectivity index is 1.75. The van der Waals surface area contributed by atoms with Crippen LogP contribution >= 0.6 is 0 Å². The lowest BCUT2D eigenvalue weighted by molar-refractivity contribution is 0.0200. The molecule has 1 atom stereocenters. The summed E-state index contributed by atoms with van der Waals surface area (Å²) >= 11 is 0. The van der Waals surface area contributed by atoms with Crippen LogP contribution in [0.4, 0.5) is 8.78 Å². The fourth-order valence-electron chi connectivity index (χ4n) is 1.79. The van der Waals surface area contributed by atoms with Crippen LogP contribution in [0.5, 0.6) is 0 Å². The molecule has 2 heterocycles. The van der Waals surface area contributed by atoms with Crippen molar-refractivity contribution in [3.63, 3.8) is 0 Å². The van der Waals surface area contributed by atoms with E-state index in [9.17, 15) is 8.78 Å². The van der Waals surface area contributed by atoms with Gasteiger partial charge in [0.15, 0.2) is 5.82 Å².